The minimum atomic E-state index is -3.81. The Morgan fingerprint density at radius 1 is 1.00 bits per heavy atom. The molecule has 1 aliphatic rings. The molecule has 3 heterocycles. The van der Waals surface area contributed by atoms with Crippen molar-refractivity contribution in [1.82, 2.24) is 10.2 Å². The normalized spacial score (nSPS) is 16.3. The molecule has 1 aliphatic heterocycles. The number of hydrogen-bond donors (Lipinski definition) is 1. The third-order valence-electron chi connectivity index (χ3n) is 5.28. The number of nitrogens with one attached hydrogen (secondary N) is 1. The molecular weight excluding hydrogens is 404 g/mol. The van der Waals surface area contributed by atoms with Gasteiger partial charge >= 0.3 is 0 Å². The molecule has 30 heavy (non-hydrogen) atoms. The predicted octanol–water partition coefficient (Wildman–Crippen LogP) is 3.66. The average Bonchev–Trinajstić information content (AvgIpc) is 3.48. The highest BCUT2D eigenvalue weighted by atomic mass is 32.2. The fourth-order valence-corrected chi connectivity index (χ4v) is 4.89. The SMILES string of the molecule is O=C(NCC(c1ccco1)N1CCCCC1)c1ccc(S(=O)(=O)c2ccccc2)o1. The topological polar surface area (TPSA) is 92.8 Å². The van der Waals surface area contributed by atoms with Gasteiger partial charge in [0, 0.05) is 6.54 Å². The second-order valence-electron chi connectivity index (χ2n) is 7.27. The predicted molar refractivity (Wildman–Crippen MR) is 110 cm³/mol. The van der Waals surface area contributed by atoms with Crippen LogP contribution in [0, 0.1) is 0 Å². The number of carbonyl (C=O) groups excluding carboxylic acids is 1. The summed E-state index contributed by atoms with van der Waals surface area (Å²) in [4.78, 5) is 15.1. The van der Waals surface area contributed by atoms with E-state index in [-0.39, 0.29) is 21.8 Å². The van der Waals surface area contributed by atoms with Gasteiger partial charge in [-0.15, -0.1) is 0 Å². The van der Waals surface area contributed by atoms with E-state index in [1.807, 2.05) is 12.1 Å². The minimum absolute atomic E-state index is 0.0404. The van der Waals surface area contributed by atoms with E-state index in [2.05, 4.69) is 10.2 Å². The lowest BCUT2D eigenvalue weighted by Gasteiger charge is -2.33. The molecule has 1 fully saturated rings. The quantitative estimate of drug-likeness (QED) is 0.617. The first kappa shape index (κ1) is 20.4. The van der Waals surface area contributed by atoms with Gasteiger partial charge in [-0.2, -0.15) is 0 Å². The van der Waals surface area contributed by atoms with Crippen LogP contribution in [0.1, 0.15) is 41.6 Å². The monoisotopic (exact) mass is 428 g/mol. The molecule has 1 amide bonds. The molecule has 7 nitrogen and oxygen atoms in total. The van der Waals surface area contributed by atoms with Crippen LogP contribution in [-0.2, 0) is 9.84 Å². The third-order valence-corrected chi connectivity index (χ3v) is 6.92. The summed E-state index contributed by atoms with van der Waals surface area (Å²) in [5.74, 6) is 0.295. The fraction of sp³-hybridized carbons (Fsp3) is 0.318. The Bertz CT molecular complexity index is 1070. The molecule has 1 aromatic carbocycles. The Labute approximate surface area is 175 Å². The summed E-state index contributed by atoms with van der Waals surface area (Å²) >= 11 is 0. The van der Waals surface area contributed by atoms with Crippen molar-refractivity contribution in [2.24, 2.45) is 0 Å². The zero-order chi connectivity index (χ0) is 21.0. The van der Waals surface area contributed by atoms with Crippen molar-refractivity contribution < 1.29 is 22.0 Å². The summed E-state index contributed by atoms with van der Waals surface area (Å²) in [5.41, 5.74) is 0. The standard InChI is InChI=1S/C22H24N2O5S/c25-22(20-11-12-21(29-20)30(26,27)17-8-3-1-4-9-17)23-16-18(19-10-7-15-28-19)24-13-5-2-6-14-24/h1,3-4,7-12,15,18H,2,5-6,13-14,16H2,(H,23,25). The van der Waals surface area contributed by atoms with E-state index >= 15 is 0 Å². The van der Waals surface area contributed by atoms with Gasteiger partial charge in [0.1, 0.15) is 5.76 Å². The summed E-state index contributed by atoms with van der Waals surface area (Å²) in [6.45, 7) is 2.23. The summed E-state index contributed by atoms with van der Waals surface area (Å²) in [7, 11) is -3.81. The second kappa shape index (κ2) is 8.89. The van der Waals surface area contributed by atoms with Gasteiger partial charge in [0.05, 0.1) is 17.2 Å². The largest absolute Gasteiger partial charge is 0.468 e. The molecule has 1 unspecified atom stereocenters. The first-order valence-corrected chi connectivity index (χ1v) is 11.5. The second-order valence-corrected chi connectivity index (χ2v) is 9.15. The van der Waals surface area contributed by atoms with Crippen molar-refractivity contribution in [2.75, 3.05) is 19.6 Å². The number of benzene rings is 1. The first-order valence-electron chi connectivity index (χ1n) is 10.0. The van der Waals surface area contributed by atoms with Crippen LogP contribution in [0.25, 0.3) is 0 Å². The highest BCUT2D eigenvalue weighted by Crippen LogP contribution is 2.25. The number of hydrogen-bond acceptors (Lipinski definition) is 6. The van der Waals surface area contributed by atoms with Crippen LogP contribution < -0.4 is 5.32 Å². The molecule has 0 aliphatic carbocycles. The van der Waals surface area contributed by atoms with Crippen molar-refractivity contribution in [3.05, 3.63) is 72.4 Å². The Balaban J connectivity index is 1.46. The van der Waals surface area contributed by atoms with E-state index in [1.54, 1.807) is 24.5 Å². The zero-order valence-electron chi connectivity index (χ0n) is 16.5. The Morgan fingerprint density at radius 2 is 1.77 bits per heavy atom. The third kappa shape index (κ3) is 4.34. The number of rotatable bonds is 7. The molecule has 0 radical (unpaired) electrons. The van der Waals surface area contributed by atoms with Crippen molar-refractivity contribution in [1.29, 1.82) is 0 Å². The number of piperidine rings is 1. The van der Waals surface area contributed by atoms with Crippen LogP contribution in [0.15, 0.2) is 79.7 Å². The molecule has 4 rings (SSSR count). The molecule has 1 saturated heterocycles. The number of amides is 1. The van der Waals surface area contributed by atoms with Gasteiger partial charge in [0.15, 0.2) is 5.76 Å². The van der Waals surface area contributed by atoms with Crippen LogP contribution >= 0.6 is 0 Å². The van der Waals surface area contributed by atoms with E-state index in [4.69, 9.17) is 8.83 Å². The lowest BCUT2D eigenvalue weighted by Crippen LogP contribution is -2.40. The highest BCUT2D eigenvalue weighted by molar-refractivity contribution is 7.91. The molecule has 0 spiro atoms. The van der Waals surface area contributed by atoms with Crippen LogP contribution in [0.5, 0.6) is 0 Å². The van der Waals surface area contributed by atoms with Gasteiger partial charge in [0.25, 0.3) is 5.91 Å². The molecule has 0 saturated carbocycles. The van der Waals surface area contributed by atoms with Crippen LogP contribution in [0.4, 0.5) is 0 Å². The lowest BCUT2D eigenvalue weighted by molar-refractivity contribution is 0.0882. The van der Waals surface area contributed by atoms with Crippen LogP contribution in [0.3, 0.4) is 0 Å². The van der Waals surface area contributed by atoms with Crippen molar-refractivity contribution >= 4 is 15.7 Å². The maximum absolute atomic E-state index is 12.7. The molecule has 0 bridgehead atoms. The summed E-state index contributed by atoms with van der Waals surface area (Å²) in [6, 6.07) is 14.3. The van der Waals surface area contributed by atoms with Crippen molar-refractivity contribution in [3.63, 3.8) is 0 Å². The van der Waals surface area contributed by atoms with Gasteiger partial charge in [-0.3, -0.25) is 9.69 Å². The van der Waals surface area contributed by atoms with Crippen molar-refractivity contribution in [2.45, 2.75) is 35.3 Å². The van der Waals surface area contributed by atoms with Crippen molar-refractivity contribution in [3.8, 4) is 0 Å². The Kier molecular flexibility index (Phi) is 6.06. The average molecular weight is 429 g/mol. The molecule has 1 N–H and O–H groups in total. The number of carbonyl (C=O) groups is 1. The van der Waals surface area contributed by atoms with E-state index < -0.39 is 15.7 Å². The molecule has 2 aromatic heterocycles. The summed E-state index contributed by atoms with van der Waals surface area (Å²) in [6.07, 6.45) is 5.06. The van der Waals surface area contributed by atoms with Crippen LogP contribution in [-0.4, -0.2) is 38.9 Å². The van der Waals surface area contributed by atoms with E-state index in [0.29, 0.717) is 6.54 Å². The van der Waals surface area contributed by atoms with E-state index in [9.17, 15) is 13.2 Å². The van der Waals surface area contributed by atoms with E-state index in [1.165, 1.54) is 30.7 Å². The van der Waals surface area contributed by atoms with Crippen LogP contribution in [0.2, 0.25) is 0 Å². The smallest absolute Gasteiger partial charge is 0.287 e. The minimum Gasteiger partial charge on any atom is -0.468 e. The summed E-state index contributed by atoms with van der Waals surface area (Å²) < 4.78 is 36.3. The number of sulfone groups is 1. The van der Waals surface area contributed by atoms with Gasteiger partial charge in [-0.05, 0) is 62.3 Å². The molecular formula is C22H24N2O5S. The molecule has 8 heteroatoms. The van der Waals surface area contributed by atoms with E-state index in [0.717, 1.165) is 31.7 Å². The maximum Gasteiger partial charge on any atom is 0.287 e. The fourth-order valence-electron chi connectivity index (χ4n) is 3.70. The maximum atomic E-state index is 12.7. The summed E-state index contributed by atoms with van der Waals surface area (Å²) in [5, 5.41) is 2.61. The Morgan fingerprint density at radius 3 is 2.47 bits per heavy atom. The molecule has 1 atom stereocenters. The van der Waals surface area contributed by atoms with Gasteiger partial charge in [-0.25, -0.2) is 8.42 Å². The molecule has 158 valence electrons. The van der Waals surface area contributed by atoms with Gasteiger partial charge < -0.3 is 14.2 Å². The lowest BCUT2D eigenvalue weighted by atomic mass is 10.1. The molecule has 3 aromatic rings. The number of likely N-dealkylation sites (tertiary alicyclic amines) is 1. The zero-order valence-corrected chi connectivity index (χ0v) is 17.3. The highest BCUT2D eigenvalue weighted by Gasteiger charge is 2.27. The Hall–Kier alpha value is -2.84. The number of nitrogens with zero attached hydrogens (tertiary/aromatic N) is 1. The first-order chi connectivity index (χ1) is 14.6. The number of furan rings is 2. The van der Waals surface area contributed by atoms with Gasteiger partial charge in [0.2, 0.25) is 14.9 Å². The van der Waals surface area contributed by atoms with Gasteiger partial charge in [-0.1, -0.05) is 24.6 Å².